The SMILES string of the molecule is COC(=O)Cc1csc(NC(=O)CSCc2ccccc2C)n1. The van der Waals surface area contributed by atoms with Gasteiger partial charge in [-0.25, -0.2) is 4.98 Å². The second-order valence-electron chi connectivity index (χ2n) is 4.86. The Kier molecular flexibility index (Phi) is 6.61. The van der Waals surface area contributed by atoms with Crippen LogP contribution >= 0.6 is 23.1 Å². The van der Waals surface area contributed by atoms with Crippen molar-refractivity contribution < 1.29 is 14.3 Å². The van der Waals surface area contributed by atoms with Gasteiger partial charge in [-0.15, -0.1) is 23.1 Å². The molecule has 1 heterocycles. The van der Waals surface area contributed by atoms with Crippen LogP contribution in [0.15, 0.2) is 29.6 Å². The molecule has 0 aliphatic carbocycles. The number of thioether (sulfide) groups is 1. The first-order valence-electron chi connectivity index (χ1n) is 7.02. The van der Waals surface area contributed by atoms with Crippen molar-refractivity contribution in [2.75, 3.05) is 18.2 Å². The van der Waals surface area contributed by atoms with Crippen molar-refractivity contribution >= 4 is 40.1 Å². The molecule has 1 aromatic heterocycles. The van der Waals surface area contributed by atoms with Crippen molar-refractivity contribution in [1.29, 1.82) is 0 Å². The molecule has 1 N–H and O–H groups in total. The molecule has 122 valence electrons. The van der Waals surface area contributed by atoms with Crippen LogP contribution < -0.4 is 5.32 Å². The second kappa shape index (κ2) is 8.69. The van der Waals surface area contributed by atoms with E-state index in [4.69, 9.17) is 0 Å². The molecule has 7 heteroatoms. The molecular weight excluding hydrogens is 332 g/mol. The van der Waals surface area contributed by atoms with Crippen molar-refractivity contribution in [3.63, 3.8) is 0 Å². The van der Waals surface area contributed by atoms with E-state index in [9.17, 15) is 9.59 Å². The van der Waals surface area contributed by atoms with Gasteiger partial charge >= 0.3 is 5.97 Å². The summed E-state index contributed by atoms with van der Waals surface area (Å²) in [6.07, 6.45) is 0.116. The Morgan fingerprint density at radius 2 is 2.13 bits per heavy atom. The number of ether oxygens (including phenoxy) is 1. The Morgan fingerprint density at radius 1 is 1.35 bits per heavy atom. The maximum Gasteiger partial charge on any atom is 0.311 e. The number of anilines is 1. The van der Waals surface area contributed by atoms with Crippen LogP contribution in [-0.4, -0.2) is 29.7 Å². The van der Waals surface area contributed by atoms with E-state index >= 15 is 0 Å². The number of hydrogen-bond donors (Lipinski definition) is 1. The van der Waals surface area contributed by atoms with E-state index in [1.807, 2.05) is 12.1 Å². The predicted molar refractivity (Wildman–Crippen MR) is 93.8 cm³/mol. The van der Waals surface area contributed by atoms with Crippen LogP contribution in [0.3, 0.4) is 0 Å². The number of nitrogens with one attached hydrogen (secondary N) is 1. The molecule has 1 aromatic carbocycles. The molecule has 2 aromatic rings. The highest BCUT2D eigenvalue weighted by atomic mass is 32.2. The van der Waals surface area contributed by atoms with Crippen LogP contribution in [0, 0.1) is 6.92 Å². The van der Waals surface area contributed by atoms with Gasteiger partial charge in [-0.2, -0.15) is 0 Å². The van der Waals surface area contributed by atoms with Gasteiger partial charge in [0.05, 0.1) is 25.0 Å². The molecule has 0 unspecified atom stereocenters. The van der Waals surface area contributed by atoms with E-state index in [2.05, 4.69) is 34.1 Å². The lowest BCUT2D eigenvalue weighted by Crippen LogP contribution is -2.14. The van der Waals surface area contributed by atoms with Crippen molar-refractivity contribution in [3.05, 3.63) is 46.5 Å². The fourth-order valence-electron chi connectivity index (χ4n) is 1.85. The third-order valence-electron chi connectivity index (χ3n) is 3.10. The molecule has 0 bridgehead atoms. The first-order valence-corrected chi connectivity index (χ1v) is 9.05. The van der Waals surface area contributed by atoms with E-state index in [-0.39, 0.29) is 18.3 Å². The Balaban J connectivity index is 1.77. The normalized spacial score (nSPS) is 10.3. The quantitative estimate of drug-likeness (QED) is 0.778. The third-order valence-corrected chi connectivity index (χ3v) is 4.89. The molecule has 0 saturated heterocycles. The van der Waals surface area contributed by atoms with E-state index in [1.54, 1.807) is 17.1 Å². The molecule has 0 aliphatic rings. The average Bonchev–Trinajstić information content (AvgIpc) is 2.96. The van der Waals surface area contributed by atoms with Gasteiger partial charge in [-0.1, -0.05) is 24.3 Å². The zero-order valence-corrected chi connectivity index (χ0v) is 14.6. The number of aromatic nitrogens is 1. The summed E-state index contributed by atoms with van der Waals surface area (Å²) in [6, 6.07) is 8.14. The van der Waals surface area contributed by atoms with E-state index < -0.39 is 0 Å². The second-order valence-corrected chi connectivity index (χ2v) is 6.71. The molecule has 5 nitrogen and oxygen atoms in total. The van der Waals surface area contributed by atoms with Crippen LogP contribution in [-0.2, 0) is 26.5 Å². The first kappa shape index (κ1) is 17.5. The van der Waals surface area contributed by atoms with Crippen molar-refractivity contribution in [2.45, 2.75) is 19.1 Å². The lowest BCUT2D eigenvalue weighted by molar-refractivity contribution is -0.139. The van der Waals surface area contributed by atoms with Gasteiger partial charge in [-0.3, -0.25) is 9.59 Å². The summed E-state index contributed by atoms with van der Waals surface area (Å²) >= 11 is 2.86. The minimum Gasteiger partial charge on any atom is -0.469 e. The van der Waals surface area contributed by atoms with Gasteiger partial charge in [0.25, 0.3) is 0 Å². The number of thiazole rings is 1. The van der Waals surface area contributed by atoms with Gasteiger partial charge < -0.3 is 10.1 Å². The number of amides is 1. The molecule has 2 rings (SSSR count). The Morgan fingerprint density at radius 3 is 2.87 bits per heavy atom. The number of rotatable bonds is 7. The highest BCUT2D eigenvalue weighted by Crippen LogP contribution is 2.18. The third kappa shape index (κ3) is 5.69. The number of aryl methyl sites for hydroxylation is 1. The van der Waals surface area contributed by atoms with Gasteiger partial charge in [0.15, 0.2) is 5.13 Å². The Labute approximate surface area is 143 Å². The standard InChI is InChI=1S/C16H18N2O3S2/c1-11-5-3-4-6-12(11)8-22-10-14(19)18-16-17-13(9-23-16)7-15(20)21-2/h3-6,9H,7-8,10H2,1-2H3,(H,17,18,19). The van der Waals surface area contributed by atoms with Crippen LogP contribution in [0.1, 0.15) is 16.8 Å². The molecule has 0 radical (unpaired) electrons. The molecule has 0 aliphatic heterocycles. The number of benzene rings is 1. The van der Waals surface area contributed by atoms with Crippen LogP contribution in [0.2, 0.25) is 0 Å². The van der Waals surface area contributed by atoms with E-state index in [0.29, 0.717) is 16.6 Å². The smallest absolute Gasteiger partial charge is 0.311 e. The number of hydrogen-bond acceptors (Lipinski definition) is 6. The Hall–Kier alpha value is -1.86. The summed E-state index contributed by atoms with van der Waals surface area (Å²) in [7, 11) is 1.34. The predicted octanol–water partition coefficient (Wildman–Crippen LogP) is 3.04. The minimum absolute atomic E-state index is 0.0949. The van der Waals surface area contributed by atoms with E-state index in [0.717, 1.165) is 5.75 Å². The lowest BCUT2D eigenvalue weighted by Gasteiger charge is -2.05. The maximum atomic E-state index is 11.9. The van der Waals surface area contributed by atoms with Gasteiger partial charge in [0, 0.05) is 11.1 Å². The van der Waals surface area contributed by atoms with Gasteiger partial charge in [0.1, 0.15) is 0 Å². The number of carbonyl (C=O) groups excluding carboxylic acids is 2. The largest absolute Gasteiger partial charge is 0.469 e. The molecule has 0 saturated carbocycles. The summed E-state index contributed by atoms with van der Waals surface area (Å²) in [5.74, 6) is 0.718. The van der Waals surface area contributed by atoms with Crippen LogP contribution in [0.25, 0.3) is 0 Å². The van der Waals surface area contributed by atoms with Crippen molar-refractivity contribution in [1.82, 2.24) is 4.98 Å². The Bertz CT molecular complexity index is 685. The van der Waals surface area contributed by atoms with E-state index in [1.165, 1.54) is 29.6 Å². The maximum absolute atomic E-state index is 11.9. The molecular formula is C16H18N2O3S2. The monoisotopic (exact) mass is 350 g/mol. The highest BCUT2D eigenvalue weighted by Gasteiger charge is 2.10. The van der Waals surface area contributed by atoms with Crippen LogP contribution in [0.4, 0.5) is 5.13 Å². The first-order chi connectivity index (χ1) is 11.1. The number of methoxy groups -OCH3 is 1. The summed E-state index contributed by atoms with van der Waals surface area (Å²) in [6.45, 7) is 2.06. The van der Waals surface area contributed by atoms with Crippen molar-refractivity contribution in [2.24, 2.45) is 0 Å². The fourth-order valence-corrected chi connectivity index (χ4v) is 3.48. The summed E-state index contributed by atoms with van der Waals surface area (Å²) in [5, 5.41) is 5.00. The topological polar surface area (TPSA) is 68.3 Å². The molecule has 0 fully saturated rings. The summed E-state index contributed by atoms with van der Waals surface area (Å²) in [5.41, 5.74) is 3.07. The number of nitrogens with zero attached hydrogens (tertiary/aromatic N) is 1. The summed E-state index contributed by atoms with van der Waals surface area (Å²) < 4.78 is 4.58. The van der Waals surface area contributed by atoms with Crippen LogP contribution in [0.5, 0.6) is 0 Å². The van der Waals surface area contributed by atoms with Gasteiger partial charge in [-0.05, 0) is 18.1 Å². The molecule has 1 amide bonds. The molecule has 0 spiro atoms. The minimum atomic E-state index is -0.345. The molecule has 23 heavy (non-hydrogen) atoms. The lowest BCUT2D eigenvalue weighted by atomic mass is 10.1. The zero-order chi connectivity index (χ0) is 16.7. The zero-order valence-electron chi connectivity index (χ0n) is 13.0. The highest BCUT2D eigenvalue weighted by molar-refractivity contribution is 7.99. The van der Waals surface area contributed by atoms with Gasteiger partial charge in [0.2, 0.25) is 5.91 Å². The molecule has 0 atom stereocenters. The van der Waals surface area contributed by atoms with Crippen molar-refractivity contribution in [3.8, 4) is 0 Å². The average molecular weight is 350 g/mol. The number of esters is 1. The fraction of sp³-hybridized carbons (Fsp3) is 0.312. The number of carbonyl (C=O) groups is 2. The summed E-state index contributed by atoms with van der Waals surface area (Å²) in [4.78, 5) is 27.3.